The summed E-state index contributed by atoms with van der Waals surface area (Å²) in [5, 5.41) is 15.3. The van der Waals surface area contributed by atoms with E-state index in [9.17, 15) is 10.1 Å². The second-order valence-electron chi connectivity index (χ2n) is 5.70. The van der Waals surface area contributed by atoms with E-state index in [1.807, 2.05) is 45.9 Å². The maximum Gasteiger partial charge on any atom is 0.242 e. The Kier molecular flexibility index (Phi) is 5.15. The summed E-state index contributed by atoms with van der Waals surface area (Å²) in [7, 11) is 0. The Labute approximate surface area is 121 Å². The van der Waals surface area contributed by atoms with Gasteiger partial charge in [0.15, 0.2) is 0 Å². The molecule has 2 N–H and O–H groups in total. The van der Waals surface area contributed by atoms with Gasteiger partial charge in [0.1, 0.15) is 12.1 Å². The molecule has 0 aromatic heterocycles. The minimum Gasteiger partial charge on any atom is -0.373 e. The summed E-state index contributed by atoms with van der Waals surface area (Å²) < 4.78 is 0. The first-order chi connectivity index (χ1) is 9.30. The fraction of sp³-hybridized carbons (Fsp3) is 0.500. The molecule has 1 aromatic carbocycles. The third-order valence-corrected chi connectivity index (χ3v) is 3.50. The molecule has 108 valence electrons. The quantitative estimate of drug-likeness (QED) is 0.866. The number of aryl methyl sites for hydroxylation is 1. The molecule has 0 spiro atoms. The number of nitrogens with zero attached hydrogens (tertiary/aromatic N) is 1. The number of hydrogen-bond acceptors (Lipinski definition) is 3. The zero-order valence-corrected chi connectivity index (χ0v) is 12.9. The van der Waals surface area contributed by atoms with Crippen LogP contribution in [-0.4, -0.2) is 17.5 Å². The fourth-order valence-electron chi connectivity index (χ4n) is 1.77. The summed E-state index contributed by atoms with van der Waals surface area (Å²) in [6.07, 6.45) is 0.860. The summed E-state index contributed by atoms with van der Waals surface area (Å²) in [4.78, 5) is 12.1. The summed E-state index contributed by atoms with van der Waals surface area (Å²) in [5.74, 6) is -0.0674. The SMILES string of the molecule is CCC(C)(C)NC(=O)C(C)Nc1cccc(C)c1C#N. The molecule has 1 rings (SSSR count). The zero-order chi connectivity index (χ0) is 15.3. The van der Waals surface area contributed by atoms with Gasteiger partial charge in [0, 0.05) is 5.54 Å². The number of hydrogen-bond donors (Lipinski definition) is 2. The maximum atomic E-state index is 12.1. The van der Waals surface area contributed by atoms with Crippen LogP contribution in [0, 0.1) is 18.3 Å². The van der Waals surface area contributed by atoms with Gasteiger partial charge in [-0.25, -0.2) is 0 Å². The lowest BCUT2D eigenvalue weighted by atomic mass is 10.0. The van der Waals surface area contributed by atoms with E-state index in [0.29, 0.717) is 11.3 Å². The van der Waals surface area contributed by atoms with E-state index in [1.165, 1.54) is 0 Å². The van der Waals surface area contributed by atoms with Crippen LogP contribution >= 0.6 is 0 Å². The number of nitrogens with one attached hydrogen (secondary N) is 2. The first kappa shape index (κ1) is 16.0. The van der Waals surface area contributed by atoms with Crippen LogP contribution in [0.2, 0.25) is 0 Å². The molecule has 0 aliphatic heterocycles. The largest absolute Gasteiger partial charge is 0.373 e. The van der Waals surface area contributed by atoms with Gasteiger partial charge in [-0.05, 0) is 45.7 Å². The lowest BCUT2D eigenvalue weighted by Crippen LogP contribution is -2.48. The molecule has 4 nitrogen and oxygen atoms in total. The third-order valence-electron chi connectivity index (χ3n) is 3.50. The first-order valence-corrected chi connectivity index (χ1v) is 6.89. The predicted octanol–water partition coefficient (Wildman–Crippen LogP) is 2.97. The van der Waals surface area contributed by atoms with Crippen molar-refractivity contribution in [2.75, 3.05) is 5.32 Å². The van der Waals surface area contributed by atoms with Crippen LogP contribution in [0.3, 0.4) is 0 Å². The van der Waals surface area contributed by atoms with E-state index in [4.69, 9.17) is 0 Å². The Hall–Kier alpha value is -2.02. The third kappa shape index (κ3) is 3.99. The molecule has 0 aliphatic carbocycles. The summed E-state index contributed by atoms with van der Waals surface area (Å²) in [5.41, 5.74) is 1.96. The smallest absolute Gasteiger partial charge is 0.242 e. The van der Waals surface area contributed by atoms with Gasteiger partial charge in [0.05, 0.1) is 11.3 Å². The molecule has 0 bridgehead atoms. The average Bonchev–Trinajstić information content (AvgIpc) is 2.38. The molecule has 1 atom stereocenters. The fourth-order valence-corrected chi connectivity index (χ4v) is 1.77. The summed E-state index contributed by atoms with van der Waals surface area (Å²) in [6.45, 7) is 9.70. The van der Waals surface area contributed by atoms with Crippen molar-refractivity contribution in [1.29, 1.82) is 5.26 Å². The van der Waals surface area contributed by atoms with E-state index >= 15 is 0 Å². The highest BCUT2D eigenvalue weighted by Gasteiger charge is 2.22. The Balaban J connectivity index is 2.82. The van der Waals surface area contributed by atoms with Gasteiger partial charge in [-0.15, -0.1) is 0 Å². The molecule has 0 radical (unpaired) electrons. The van der Waals surface area contributed by atoms with E-state index < -0.39 is 6.04 Å². The van der Waals surface area contributed by atoms with Crippen molar-refractivity contribution in [3.63, 3.8) is 0 Å². The van der Waals surface area contributed by atoms with E-state index in [2.05, 4.69) is 16.7 Å². The zero-order valence-electron chi connectivity index (χ0n) is 12.9. The molecular weight excluding hydrogens is 250 g/mol. The van der Waals surface area contributed by atoms with Gasteiger partial charge in [-0.1, -0.05) is 19.1 Å². The molecule has 4 heteroatoms. The minimum absolute atomic E-state index is 0.0674. The van der Waals surface area contributed by atoms with Crippen LogP contribution in [0.1, 0.15) is 45.2 Å². The highest BCUT2D eigenvalue weighted by Crippen LogP contribution is 2.19. The molecule has 0 saturated heterocycles. The molecule has 1 amide bonds. The topological polar surface area (TPSA) is 64.9 Å². The summed E-state index contributed by atoms with van der Waals surface area (Å²) >= 11 is 0. The minimum atomic E-state index is -0.394. The van der Waals surface area contributed by atoms with E-state index in [-0.39, 0.29) is 11.4 Å². The highest BCUT2D eigenvalue weighted by atomic mass is 16.2. The van der Waals surface area contributed by atoms with Crippen LogP contribution < -0.4 is 10.6 Å². The molecule has 0 fully saturated rings. The normalized spacial score (nSPS) is 12.4. The molecule has 0 heterocycles. The van der Waals surface area contributed by atoms with Crippen molar-refractivity contribution in [3.8, 4) is 6.07 Å². The first-order valence-electron chi connectivity index (χ1n) is 6.89. The van der Waals surface area contributed by atoms with Gasteiger partial charge >= 0.3 is 0 Å². The Morgan fingerprint density at radius 1 is 1.45 bits per heavy atom. The van der Waals surface area contributed by atoms with E-state index in [1.54, 1.807) is 6.92 Å². The van der Waals surface area contributed by atoms with Crippen molar-refractivity contribution in [2.24, 2.45) is 0 Å². The van der Waals surface area contributed by atoms with Gasteiger partial charge in [0.2, 0.25) is 5.91 Å². The molecule has 0 saturated carbocycles. The number of rotatable bonds is 5. The van der Waals surface area contributed by atoms with Gasteiger partial charge in [-0.3, -0.25) is 4.79 Å². The average molecular weight is 273 g/mol. The van der Waals surface area contributed by atoms with Gasteiger partial charge in [0.25, 0.3) is 0 Å². The number of anilines is 1. The monoisotopic (exact) mass is 273 g/mol. The molecular formula is C16H23N3O. The second-order valence-corrected chi connectivity index (χ2v) is 5.70. The van der Waals surface area contributed by atoms with Crippen molar-refractivity contribution in [3.05, 3.63) is 29.3 Å². The molecule has 0 aliphatic rings. The number of amides is 1. The van der Waals surface area contributed by atoms with Gasteiger partial charge < -0.3 is 10.6 Å². The Morgan fingerprint density at radius 3 is 2.65 bits per heavy atom. The number of carbonyl (C=O) groups is 1. The maximum absolute atomic E-state index is 12.1. The van der Waals surface area contributed by atoms with Gasteiger partial charge in [-0.2, -0.15) is 5.26 Å². The standard InChI is InChI=1S/C16H23N3O/c1-6-16(4,5)19-15(20)12(3)18-14-9-7-8-11(2)13(14)10-17/h7-9,12,18H,6H2,1-5H3,(H,19,20). The molecule has 20 heavy (non-hydrogen) atoms. The molecule has 1 aromatic rings. The lowest BCUT2D eigenvalue weighted by Gasteiger charge is -2.27. The predicted molar refractivity (Wildman–Crippen MR) is 81.5 cm³/mol. The number of benzene rings is 1. The number of nitriles is 1. The Morgan fingerprint density at radius 2 is 2.10 bits per heavy atom. The van der Waals surface area contributed by atoms with Crippen LogP contribution in [0.4, 0.5) is 5.69 Å². The number of carbonyl (C=O) groups excluding carboxylic acids is 1. The summed E-state index contributed by atoms with van der Waals surface area (Å²) in [6, 6.07) is 7.36. The van der Waals surface area contributed by atoms with Crippen molar-refractivity contribution in [2.45, 2.75) is 52.6 Å². The second kappa shape index (κ2) is 6.42. The Bertz CT molecular complexity index is 529. The van der Waals surface area contributed by atoms with Crippen LogP contribution in [0.15, 0.2) is 18.2 Å². The van der Waals surface area contributed by atoms with E-state index in [0.717, 1.165) is 12.0 Å². The van der Waals surface area contributed by atoms with Crippen molar-refractivity contribution in [1.82, 2.24) is 5.32 Å². The molecule has 1 unspecified atom stereocenters. The van der Waals surface area contributed by atoms with Crippen molar-refractivity contribution < 1.29 is 4.79 Å². The van der Waals surface area contributed by atoms with Crippen LogP contribution in [-0.2, 0) is 4.79 Å². The lowest BCUT2D eigenvalue weighted by molar-refractivity contribution is -0.123. The van der Waals surface area contributed by atoms with Crippen molar-refractivity contribution >= 4 is 11.6 Å². The van der Waals surface area contributed by atoms with Crippen LogP contribution in [0.25, 0.3) is 0 Å². The van der Waals surface area contributed by atoms with Crippen LogP contribution in [0.5, 0.6) is 0 Å². The highest BCUT2D eigenvalue weighted by molar-refractivity contribution is 5.85.